The molecule has 1 aliphatic carbocycles. The standard InChI is InChI=1S/C27H29N5O6/c1-14-6-7-17-20(31(14)27(36)37-2)8-9-21-23(17)30-25(32(21)16-5-3-4-15(10-16)26(34)35)24(33)19-11-18-22(12-28-19)38-13-29-18/h8-9,11-16,24,33H,3-7,10H2,1-2H3,(H,34,35)/t14-,15?,16?,24?/m0/s1. The number of aliphatic hydroxyl groups excluding tert-OH is 1. The molecular weight excluding hydrogens is 490 g/mol. The van der Waals surface area contributed by atoms with Crippen molar-refractivity contribution in [3.63, 3.8) is 0 Å². The van der Waals surface area contributed by atoms with Gasteiger partial charge in [-0.25, -0.2) is 14.8 Å². The maximum absolute atomic E-state index is 12.6. The molecule has 1 aromatic carbocycles. The van der Waals surface area contributed by atoms with E-state index in [1.165, 1.54) is 19.7 Å². The first kappa shape index (κ1) is 24.4. The SMILES string of the molecule is COC(=O)N1c2ccc3c(nc(C(O)c4cc5ncoc5cn4)n3C3CCCC(C(=O)O)C3)c2CC[C@@H]1C. The number of aliphatic hydroxyl groups is 1. The minimum atomic E-state index is -1.18. The highest BCUT2D eigenvalue weighted by atomic mass is 16.5. The predicted molar refractivity (Wildman–Crippen MR) is 137 cm³/mol. The summed E-state index contributed by atoms with van der Waals surface area (Å²) in [6, 6.07) is 5.28. The van der Waals surface area contributed by atoms with E-state index in [9.17, 15) is 19.8 Å². The summed E-state index contributed by atoms with van der Waals surface area (Å²) in [6.07, 6.45) is 5.29. The number of ether oxygens (including phenoxy) is 1. The van der Waals surface area contributed by atoms with Crippen molar-refractivity contribution in [1.82, 2.24) is 19.5 Å². The number of carboxylic acid groups (broad SMARTS) is 1. The van der Waals surface area contributed by atoms with Gasteiger partial charge < -0.3 is 23.9 Å². The number of aromatic nitrogens is 4. The van der Waals surface area contributed by atoms with Crippen molar-refractivity contribution in [3.8, 4) is 0 Å². The number of anilines is 1. The Hall–Kier alpha value is -3.99. The number of hydrogen-bond donors (Lipinski definition) is 2. The lowest BCUT2D eigenvalue weighted by Crippen LogP contribution is -2.42. The van der Waals surface area contributed by atoms with Gasteiger partial charge >= 0.3 is 12.1 Å². The zero-order valence-electron chi connectivity index (χ0n) is 21.2. The average molecular weight is 520 g/mol. The number of imidazole rings is 1. The Kier molecular flexibility index (Phi) is 6.02. The second-order valence-electron chi connectivity index (χ2n) is 10.2. The average Bonchev–Trinajstić information content (AvgIpc) is 3.56. The Balaban J connectivity index is 1.53. The summed E-state index contributed by atoms with van der Waals surface area (Å²) in [4.78, 5) is 39.7. The number of aryl methyl sites for hydroxylation is 1. The molecule has 11 heteroatoms. The van der Waals surface area contributed by atoms with Crippen LogP contribution < -0.4 is 4.90 Å². The fourth-order valence-electron chi connectivity index (χ4n) is 6.05. The molecular formula is C27H29N5O6. The fourth-order valence-corrected chi connectivity index (χ4v) is 6.05. The number of pyridine rings is 1. The third-order valence-electron chi connectivity index (χ3n) is 7.98. The summed E-state index contributed by atoms with van der Waals surface area (Å²) in [7, 11) is 1.37. The zero-order chi connectivity index (χ0) is 26.6. The second-order valence-corrected chi connectivity index (χ2v) is 10.2. The summed E-state index contributed by atoms with van der Waals surface area (Å²) in [6.45, 7) is 1.98. The number of carbonyl (C=O) groups excluding carboxylic acids is 1. The minimum Gasteiger partial charge on any atom is -0.481 e. The lowest BCUT2D eigenvalue weighted by atomic mass is 9.85. The first-order chi connectivity index (χ1) is 18.4. The van der Waals surface area contributed by atoms with Crippen LogP contribution in [0.2, 0.25) is 0 Å². The summed E-state index contributed by atoms with van der Waals surface area (Å²) < 4.78 is 12.3. The van der Waals surface area contributed by atoms with Crippen LogP contribution >= 0.6 is 0 Å². The molecule has 198 valence electrons. The van der Waals surface area contributed by atoms with E-state index < -0.39 is 24.1 Å². The number of carboxylic acids is 1. The number of nitrogens with zero attached hydrogens (tertiary/aromatic N) is 5. The van der Waals surface area contributed by atoms with Crippen molar-refractivity contribution in [2.45, 2.75) is 63.6 Å². The molecule has 2 aliphatic rings. The third kappa shape index (κ3) is 3.89. The Bertz CT molecular complexity index is 1540. The quantitative estimate of drug-likeness (QED) is 0.401. The Labute approximate surface area is 218 Å². The van der Waals surface area contributed by atoms with Crippen molar-refractivity contribution >= 4 is 39.9 Å². The largest absolute Gasteiger partial charge is 0.481 e. The minimum absolute atomic E-state index is 0.0346. The van der Waals surface area contributed by atoms with Gasteiger partial charge in [0.15, 0.2) is 18.1 Å². The van der Waals surface area contributed by atoms with Crippen LogP contribution in [0.15, 0.2) is 35.2 Å². The number of benzene rings is 1. The predicted octanol–water partition coefficient (Wildman–Crippen LogP) is 4.38. The molecule has 11 nitrogen and oxygen atoms in total. The van der Waals surface area contributed by atoms with Crippen molar-refractivity contribution in [1.29, 1.82) is 0 Å². The van der Waals surface area contributed by atoms with Crippen LogP contribution in [0.5, 0.6) is 0 Å². The van der Waals surface area contributed by atoms with Gasteiger partial charge in [0, 0.05) is 17.6 Å². The molecule has 3 unspecified atom stereocenters. The number of fused-ring (bicyclic) bond motifs is 4. The van der Waals surface area contributed by atoms with Crippen LogP contribution in [0.3, 0.4) is 0 Å². The molecule has 4 heterocycles. The number of hydrogen-bond acceptors (Lipinski definition) is 8. The third-order valence-corrected chi connectivity index (χ3v) is 7.98. The molecule has 2 N–H and O–H groups in total. The molecule has 0 radical (unpaired) electrons. The first-order valence-corrected chi connectivity index (χ1v) is 12.9. The van der Waals surface area contributed by atoms with Crippen LogP contribution in [0, 0.1) is 5.92 Å². The molecule has 1 saturated carbocycles. The molecule has 3 aromatic heterocycles. The number of carbonyl (C=O) groups is 2. The summed E-state index contributed by atoms with van der Waals surface area (Å²) in [5, 5.41) is 21.3. The summed E-state index contributed by atoms with van der Waals surface area (Å²) in [5.74, 6) is -0.878. The topological polar surface area (TPSA) is 144 Å². The van der Waals surface area contributed by atoms with Gasteiger partial charge in [0.2, 0.25) is 0 Å². The molecule has 1 aliphatic heterocycles. The van der Waals surface area contributed by atoms with E-state index in [-0.39, 0.29) is 12.1 Å². The van der Waals surface area contributed by atoms with Gasteiger partial charge in [-0.05, 0) is 57.2 Å². The van der Waals surface area contributed by atoms with Gasteiger partial charge in [-0.15, -0.1) is 0 Å². The molecule has 4 aromatic rings. The molecule has 0 spiro atoms. The van der Waals surface area contributed by atoms with Crippen LogP contribution in [0.4, 0.5) is 10.5 Å². The van der Waals surface area contributed by atoms with E-state index in [0.717, 1.165) is 36.0 Å². The molecule has 0 saturated heterocycles. The van der Waals surface area contributed by atoms with Crippen LogP contribution in [0.1, 0.15) is 68.3 Å². The first-order valence-electron chi connectivity index (χ1n) is 12.9. The number of methoxy groups -OCH3 is 1. The van der Waals surface area contributed by atoms with Gasteiger partial charge in [0.05, 0.1) is 41.6 Å². The smallest absolute Gasteiger partial charge is 0.414 e. The molecule has 0 bridgehead atoms. The lowest BCUT2D eigenvalue weighted by molar-refractivity contribution is -0.143. The Morgan fingerprint density at radius 2 is 2.05 bits per heavy atom. The fraction of sp³-hybridized carbons (Fsp3) is 0.444. The zero-order valence-corrected chi connectivity index (χ0v) is 21.2. The van der Waals surface area contributed by atoms with Crippen molar-refractivity contribution in [2.75, 3.05) is 12.0 Å². The summed E-state index contributed by atoms with van der Waals surface area (Å²) in [5.41, 5.74) is 4.59. The van der Waals surface area contributed by atoms with E-state index >= 15 is 0 Å². The molecule has 1 fully saturated rings. The van der Waals surface area contributed by atoms with Crippen molar-refractivity contribution in [2.24, 2.45) is 5.92 Å². The molecule has 38 heavy (non-hydrogen) atoms. The van der Waals surface area contributed by atoms with Crippen LogP contribution in [0.25, 0.3) is 22.1 Å². The number of oxazole rings is 1. The number of rotatable bonds is 4. The van der Waals surface area contributed by atoms with E-state index in [0.29, 0.717) is 47.4 Å². The van der Waals surface area contributed by atoms with Crippen molar-refractivity contribution < 1.29 is 29.0 Å². The molecule has 6 rings (SSSR count). The van der Waals surface area contributed by atoms with Crippen molar-refractivity contribution in [3.05, 3.63) is 47.9 Å². The van der Waals surface area contributed by atoms with Gasteiger partial charge in [-0.2, -0.15) is 0 Å². The van der Waals surface area contributed by atoms with E-state index in [1.54, 1.807) is 11.0 Å². The van der Waals surface area contributed by atoms with Gasteiger partial charge in [0.1, 0.15) is 11.3 Å². The van der Waals surface area contributed by atoms with Gasteiger partial charge in [-0.3, -0.25) is 14.7 Å². The normalized spacial score (nSPS) is 22.4. The van der Waals surface area contributed by atoms with Crippen LogP contribution in [-0.2, 0) is 16.0 Å². The highest BCUT2D eigenvalue weighted by Gasteiger charge is 2.35. The van der Waals surface area contributed by atoms with Crippen LogP contribution in [-0.4, -0.2) is 54.9 Å². The second kappa shape index (κ2) is 9.39. The van der Waals surface area contributed by atoms with E-state index in [2.05, 4.69) is 9.97 Å². The van der Waals surface area contributed by atoms with E-state index in [1.807, 2.05) is 23.6 Å². The van der Waals surface area contributed by atoms with E-state index in [4.69, 9.17) is 14.1 Å². The number of aliphatic carboxylic acids is 1. The number of amides is 1. The van der Waals surface area contributed by atoms with Gasteiger partial charge in [0.25, 0.3) is 0 Å². The molecule has 1 amide bonds. The highest BCUT2D eigenvalue weighted by Crippen LogP contribution is 2.42. The maximum atomic E-state index is 12.6. The molecule has 4 atom stereocenters. The Morgan fingerprint density at radius 1 is 1.21 bits per heavy atom. The maximum Gasteiger partial charge on any atom is 0.414 e. The van der Waals surface area contributed by atoms with Gasteiger partial charge in [-0.1, -0.05) is 6.42 Å². The monoisotopic (exact) mass is 519 g/mol. The Morgan fingerprint density at radius 3 is 2.84 bits per heavy atom. The lowest BCUT2D eigenvalue weighted by Gasteiger charge is -2.34. The highest BCUT2D eigenvalue weighted by molar-refractivity contribution is 5.95. The summed E-state index contributed by atoms with van der Waals surface area (Å²) >= 11 is 0.